The van der Waals surface area contributed by atoms with Crippen molar-refractivity contribution in [2.45, 2.75) is 71.1 Å². The first kappa shape index (κ1) is 33.1. The second-order valence-corrected chi connectivity index (χ2v) is 11.4. The normalized spacial score (nSPS) is 14.0. The number of aromatic nitrogens is 3. The molecule has 0 aliphatic carbocycles. The van der Waals surface area contributed by atoms with Gasteiger partial charge in [0.2, 0.25) is 17.8 Å². The Hall–Kier alpha value is -4.44. The highest BCUT2D eigenvalue weighted by atomic mass is 19.4. The standard InChI is InChI=1S/C26H37F3N10O4/c1-23(2,3)42-21(40)32-13-11-30-18-35-19(31-12-14-33-22(41)43-24(4,5)6)37-20(36-18)34-15-16-7-9-17(10-8-16)25(38-39-25)26(27,28)29/h7-10H,11-15H2,1-6H3,(H,32,40)(H,33,41)(H3,30,31,34,35,36,37). The van der Waals surface area contributed by atoms with E-state index in [1.165, 1.54) is 24.3 Å². The predicted octanol–water partition coefficient (Wildman–Crippen LogP) is 4.54. The van der Waals surface area contributed by atoms with Crippen LogP contribution in [0, 0.1) is 0 Å². The number of carbonyl (C=O) groups is 2. The number of benzene rings is 1. The second kappa shape index (κ2) is 13.2. The number of halogens is 3. The Morgan fingerprint density at radius 1 is 0.698 bits per heavy atom. The number of carbonyl (C=O) groups excluding carboxylic acids is 2. The molecule has 236 valence electrons. The van der Waals surface area contributed by atoms with Gasteiger partial charge in [-0.2, -0.15) is 28.1 Å². The maximum absolute atomic E-state index is 13.3. The Kier molecular flexibility index (Phi) is 10.2. The molecular weight excluding hydrogens is 573 g/mol. The van der Waals surface area contributed by atoms with E-state index in [1.807, 2.05) is 0 Å². The SMILES string of the molecule is CC(C)(C)OC(=O)NCCNc1nc(NCCNC(=O)OC(C)(C)C)nc(NCc2ccc(C3(C(F)(F)F)N=N3)cc2)n1. The summed E-state index contributed by atoms with van der Waals surface area (Å²) >= 11 is 0. The minimum absolute atomic E-state index is 0.0677. The lowest BCUT2D eigenvalue weighted by molar-refractivity contribution is -0.166. The molecule has 0 fully saturated rings. The highest BCUT2D eigenvalue weighted by Crippen LogP contribution is 2.52. The summed E-state index contributed by atoms with van der Waals surface area (Å²) in [4.78, 5) is 36.7. The molecule has 1 aliphatic heterocycles. The van der Waals surface area contributed by atoms with Crippen LogP contribution in [-0.4, -0.2) is 70.7 Å². The van der Waals surface area contributed by atoms with Gasteiger partial charge in [-0.3, -0.25) is 0 Å². The molecule has 0 unspecified atom stereocenters. The molecular formula is C26H37F3N10O4. The number of hydrogen-bond donors (Lipinski definition) is 5. The minimum Gasteiger partial charge on any atom is -0.444 e. The van der Waals surface area contributed by atoms with Crippen LogP contribution in [0.4, 0.5) is 40.6 Å². The van der Waals surface area contributed by atoms with Gasteiger partial charge in [0.25, 0.3) is 0 Å². The van der Waals surface area contributed by atoms with Gasteiger partial charge in [0, 0.05) is 38.3 Å². The number of anilines is 3. The van der Waals surface area contributed by atoms with Crippen LogP contribution < -0.4 is 26.6 Å². The van der Waals surface area contributed by atoms with Gasteiger partial charge in [0.05, 0.1) is 0 Å². The lowest BCUT2D eigenvalue weighted by atomic mass is 10.0. The number of hydrogen-bond acceptors (Lipinski definition) is 12. The third-order valence-corrected chi connectivity index (χ3v) is 5.29. The van der Waals surface area contributed by atoms with Gasteiger partial charge in [0.1, 0.15) is 11.2 Å². The number of nitrogens with one attached hydrogen (secondary N) is 5. The van der Waals surface area contributed by atoms with Crippen LogP contribution in [0.15, 0.2) is 34.5 Å². The van der Waals surface area contributed by atoms with Crippen LogP contribution in [0.3, 0.4) is 0 Å². The van der Waals surface area contributed by atoms with Crippen LogP contribution in [-0.2, 0) is 21.7 Å². The molecule has 0 spiro atoms. The molecule has 1 aliphatic rings. The summed E-state index contributed by atoms with van der Waals surface area (Å²) in [6.07, 6.45) is -5.73. The zero-order valence-corrected chi connectivity index (χ0v) is 24.8. The smallest absolute Gasteiger partial charge is 0.442 e. The van der Waals surface area contributed by atoms with Crippen LogP contribution in [0.1, 0.15) is 52.7 Å². The Labute approximate surface area is 247 Å². The quantitative estimate of drug-likeness (QED) is 0.215. The minimum atomic E-state index is -4.60. The van der Waals surface area contributed by atoms with Gasteiger partial charge in [-0.05, 0) is 47.1 Å². The highest BCUT2D eigenvalue weighted by Gasteiger charge is 2.65. The molecule has 0 bridgehead atoms. The van der Waals surface area contributed by atoms with Gasteiger partial charge < -0.3 is 36.1 Å². The Morgan fingerprint density at radius 3 is 1.49 bits per heavy atom. The molecule has 14 nitrogen and oxygen atoms in total. The Morgan fingerprint density at radius 2 is 1.12 bits per heavy atom. The summed E-state index contributed by atoms with van der Waals surface area (Å²) in [5.41, 5.74) is -3.15. The Bertz CT molecular complexity index is 1230. The summed E-state index contributed by atoms with van der Waals surface area (Å²) in [6.45, 7) is 11.7. The van der Waals surface area contributed by atoms with E-state index < -0.39 is 35.2 Å². The number of ether oxygens (including phenoxy) is 2. The van der Waals surface area contributed by atoms with Crippen molar-refractivity contribution in [1.82, 2.24) is 25.6 Å². The fraction of sp³-hybridized carbons (Fsp3) is 0.577. The van der Waals surface area contributed by atoms with Crippen molar-refractivity contribution < 1.29 is 32.2 Å². The summed E-state index contributed by atoms with van der Waals surface area (Å²) < 4.78 is 50.2. The van der Waals surface area contributed by atoms with Crippen molar-refractivity contribution in [2.75, 3.05) is 42.1 Å². The lowest BCUT2D eigenvalue weighted by Crippen LogP contribution is -2.35. The molecule has 2 aromatic rings. The molecule has 0 atom stereocenters. The zero-order valence-electron chi connectivity index (χ0n) is 24.8. The number of alkyl carbamates (subject to hydrolysis) is 2. The van der Waals surface area contributed by atoms with Gasteiger partial charge >= 0.3 is 24.0 Å². The predicted molar refractivity (Wildman–Crippen MR) is 152 cm³/mol. The molecule has 2 heterocycles. The summed E-state index contributed by atoms with van der Waals surface area (Å²) in [7, 11) is 0. The van der Waals surface area contributed by atoms with Gasteiger partial charge in [-0.25, -0.2) is 9.59 Å². The van der Waals surface area contributed by atoms with Crippen molar-refractivity contribution in [3.8, 4) is 0 Å². The van der Waals surface area contributed by atoms with E-state index in [0.717, 1.165) is 0 Å². The summed E-state index contributed by atoms with van der Waals surface area (Å²) in [5, 5.41) is 20.7. The van der Waals surface area contributed by atoms with E-state index in [-0.39, 0.29) is 56.1 Å². The van der Waals surface area contributed by atoms with E-state index in [2.05, 4.69) is 51.8 Å². The van der Waals surface area contributed by atoms with Crippen molar-refractivity contribution in [2.24, 2.45) is 10.2 Å². The molecule has 17 heteroatoms. The van der Waals surface area contributed by atoms with Gasteiger partial charge in [-0.1, -0.05) is 24.3 Å². The van der Waals surface area contributed by atoms with Crippen molar-refractivity contribution in [3.05, 3.63) is 35.4 Å². The van der Waals surface area contributed by atoms with Crippen molar-refractivity contribution in [1.29, 1.82) is 0 Å². The molecule has 1 aromatic carbocycles. The topological polar surface area (TPSA) is 176 Å². The number of alkyl halides is 3. The second-order valence-electron chi connectivity index (χ2n) is 11.4. The van der Waals surface area contributed by atoms with E-state index in [4.69, 9.17) is 9.47 Å². The first-order valence-corrected chi connectivity index (χ1v) is 13.5. The largest absolute Gasteiger partial charge is 0.444 e. The molecule has 0 radical (unpaired) electrons. The van der Waals surface area contributed by atoms with E-state index >= 15 is 0 Å². The van der Waals surface area contributed by atoms with Gasteiger partial charge in [-0.15, -0.1) is 10.2 Å². The monoisotopic (exact) mass is 610 g/mol. The first-order valence-electron chi connectivity index (χ1n) is 13.5. The van der Waals surface area contributed by atoms with Crippen molar-refractivity contribution in [3.63, 3.8) is 0 Å². The van der Waals surface area contributed by atoms with Crippen LogP contribution in [0.2, 0.25) is 0 Å². The average molecular weight is 611 g/mol. The molecule has 1 aromatic heterocycles. The maximum atomic E-state index is 13.3. The molecule has 0 saturated heterocycles. The van der Waals surface area contributed by atoms with E-state index in [0.29, 0.717) is 5.56 Å². The molecule has 0 saturated carbocycles. The fourth-order valence-corrected chi connectivity index (χ4v) is 3.40. The number of rotatable bonds is 12. The molecule has 43 heavy (non-hydrogen) atoms. The molecule has 2 amide bonds. The number of amides is 2. The van der Waals surface area contributed by atoms with Crippen LogP contribution in [0.25, 0.3) is 0 Å². The van der Waals surface area contributed by atoms with E-state index in [9.17, 15) is 22.8 Å². The highest BCUT2D eigenvalue weighted by molar-refractivity contribution is 5.68. The summed E-state index contributed by atoms with van der Waals surface area (Å²) in [5.74, 6) is 0.541. The molecule has 5 N–H and O–H groups in total. The molecule has 3 rings (SSSR count). The van der Waals surface area contributed by atoms with E-state index in [1.54, 1.807) is 41.5 Å². The first-order chi connectivity index (χ1) is 20.0. The summed E-state index contributed by atoms with van der Waals surface area (Å²) in [6, 6.07) is 5.72. The Balaban J connectivity index is 1.61. The van der Waals surface area contributed by atoms with Crippen LogP contribution >= 0.6 is 0 Å². The lowest BCUT2D eigenvalue weighted by Gasteiger charge is -2.19. The van der Waals surface area contributed by atoms with Gasteiger partial charge in [0.15, 0.2) is 0 Å². The number of nitrogens with zero attached hydrogens (tertiary/aromatic N) is 5. The maximum Gasteiger partial charge on any atom is 0.442 e. The third kappa shape index (κ3) is 10.7. The van der Waals surface area contributed by atoms with Crippen molar-refractivity contribution >= 4 is 30.0 Å². The fourth-order valence-electron chi connectivity index (χ4n) is 3.40. The average Bonchev–Trinajstić information content (AvgIpc) is 3.69. The van der Waals surface area contributed by atoms with Crippen LogP contribution in [0.5, 0.6) is 0 Å². The zero-order chi connectivity index (χ0) is 31.9. The third-order valence-electron chi connectivity index (χ3n) is 5.29.